The fraction of sp³-hybridized carbons (Fsp3) is 0.303. The summed E-state index contributed by atoms with van der Waals surface area (Å²) in [6.45, 7) is 8.76. The van der Waals surface area contributed by atoms with E-state index in [1.165, 1.54) is 18.3 Å². The molecule has 0 bridgehead atoms. The Morgan fingerprint density at radius 2 is 1.85 bits per heavy atom. The normalized spacial score (nSPS) is 15.4. The predicted molar refractivity (Wildman–Crippen MR) is 184 cm³/mol. The van der Waals surface area contributed by atoms with Gasteiger partial charge in [-0.1, -0.05) is 0 Å². The second kappa shape index (κ2) is 13.5. The molecule has 5 aromatic rings. The van der Waals surface area contributed by atoms with Gasteiger partial charge in [0, 0.05) is 0 Å². The van der Waals surface area contributed by atoms with Crippen molar-refractivity contribution >= 4 is 77.2 Å². The molecule has 1 N–H and O–H groups in total. The Morgan fingerprint density at radius 1 is 1.07 bits per heavy atom. The molecule has 1 fully saturated rings. The number of nitrogens with zero attached hydrogens (tertiary/aromatic N) is 7. The molecule has 0 spiro atoms. The van der Waals surface area contributed by atoms with Crippen molar-refractivity contribution in [2.75, 3.05) is 18.4 Å². The molecule has 3 aromatic heterocycles. The number of nitriles is 1. The molecule has 8 nitrogen and oxygen atoms in total. The molecule has 236 valence electrons. The third-order valence-corrected chi connectivity index (χ3v) is 12.3. The Bertz CT molecular complexity index is 1950. The van der Waals surface area contributed by atoms with Crippen LogP contribution in [0.25, 0.3) is 10.9 Å². The Kier molecular flexibility index (Phi) is 9.57. The standard InChI is InChI=1S/C33H31AsCl3FN8/c1-33(2,3)45-11-8-22(9-12-45)46-18-28(43-44-46)29(23-5-4-10-40-32(23)37)34-20-13-24-30(42-21-6-7-27(38)25(35)15-21)19(16-39)17-41-31(24)26(36)14-20/h4-7,10,13-15,17-18,22,29,34H,8-9,11-12H2,1-3H3,(H,41,42). The average Bonchev–Trinajstić information content (AvgIpc) is 3.52. The van der Waals surface area contributed by atoms with Crippen molar-refractivity contribution in [3.8, 4) is 6.07 Å². The van der Waals surface area contributed by atoms with Crippen LogP contribution in [0, 0.1) is 17.1 Å². The van der Waals surface area contributed by atoms with Gasteiger partial charge in [0.2, 0.25) is 0 Å². The van der Waals surface area contributed by atoms with Gasteiger partial charge in [0.1, 0.15) is 0 Å². The molecule has 13 heteroatoms. The van der Waals surface area contributed by atoms with Crippen molar-refractivity contribution in [1.82, 2.24) is 29.9 Å². The van der Waals surface area contributed by atoms with Crippen LogP contribution in [0.2, 0.25) is 15.2 Å². The van der Waals surface area contributed by atoms with E-state index in [9.17, 15) is 9.65 Å². The summed E-state index contributed by atoms with van der Waals surface area (Å²) >= 11 is 18.5. The summed E-state index contributed by atoms with van der Waals surface area (Å²) in [5.41, 5.74) is 3.72. The van der Waals surface area contributed by atoms with Crippen LogP contribution in [0.4, 0.5) is 15.8 Å². The number of hydrogen-bond acceptors (Lipinski definition) is 7. The maximum atomic E-state index is 13.9. The number of piperidine rings is 1. The Balaban J connectivity index is 1.37. The Morgan fingerprint density at radius 3 is 2.54 bits per heavy atom. The molecule has 6 rings (SSSR count). The monoisotopic (exact) mass is 738 g/mol. The number of pyridine rings is 2. The molecule has 1 aliphatic rings. The molecular weight excluding hydrogens is 709 g/mol. The first kappa shape index (κ1) is 32.7. The predicted octanol–water partition coefficient (Wildman–Crippen LogP) is 7.22. The molecule has 0 aliphatic carbocycles. The first-order valence-electron chi connectivity index (χ1n) is 14.8. The van der Waals surface area contributed by atoms with Crippen molar-refractivity contribution in [2.45, 2.75) is 49.9 Å². The third-order valence-electron chi connectivity index (χ3n) is 8.26. The molecule has 0 saturated carbocycles. The number of rotatable bonds is 7. The Hall–Kier alpha value is -3.25. The van der Waals surface area contributed by atoms with Crippen molar-refractivity contribution in [2.24, 2.45) is 0 Å². The minimum absolute atomic E-state index is 0.0312. The molecule has 2 aromatic carbocycles. The molecule has 2 unspecified atom stereocenters. The first-order valence-corrected chi connectivity index (χ1v) is 18.2. The molecular formula is C33H31AsCl3FN8. The van der Waals surface area contributed by atoms with Gasteiger partial charge in [-0.3, -0.25) is 0 Å². The summed E-state index contributed by atoms with van der Waals surface area (Å²) in [4.78, 5) is 11.4. The van der Waals surface area contributed by atoms with Crippen LogP contribution in [0.5, 0.6) is 0 Å². The molecule has 0 radical (unpaired) electrons. The van der Waals surface area contributed by atoms with Gasteiger partial charge >= 0.3 is 290 Å². The van der Waals surface area contributed by atoms with Crippen LogP contribution in [0.3, 0.4) is 0 Å². The van der Waals surface area contributed by atoms with E-state index in [4.69, 9.17) is 34.8 Å². The fourth-order valence-electron chi connectivity index (χ4n) is 5.77. The van der Waals surface area contributed by atoms with Crippen molar-refractivity contribution in [3.05, 3.63) is 98.9 Å². The molecule has 0 amide bonds. The number of halogens is 4. The number of fused-ring (bicyclic) bond motifs is 1. The van der Waals surface area contributed by atoms with E-state index in [2.05, 4.69) is 63.5 Å². The summed E-state index contributed by atoms with van der Waals surface area (Å²) in [6.07, 6.45) is 7.19. The summed E-state index contributed by atoms with van der Waals surface area (Å²) in [7, 11) is 0. The van der Waals surface area contributed by atoms with E-state index in [1.807, 2.05) is 28.9 Å². The minimum atomic E-state index is -1.06. The van der Waals surface area contributed by atoms with E-state index in [-0.39, 0.29) is 21.3 Å². The molecule has 2 atom stereocenters. The first-order chi connectivity index (χ1) is 22.0. The number of hydrogen-bond donors (Lipinski definition) is 1. The summed E-state index contributed by atoms with van der Waals surface area (Å²) in [6, 6.07) is 14.6. The van der Waals surface area contributed by atoms with Crippen LogP contribution in [-0.4, -0.2) is 64.2 Å². The Labute approximate surface area is 288 Å². The molecule has 1 aliphatic heterocycles. The van der Waals surface area contributed by atoms with E-state index >= 15 is 0 Å². The van der Waals surface area contributed by atoms with Crippen LogP contribution in [-0.2, 0) is 0 Å². The summed E-state index contributed by atoms with van der Waals surface area (Å²) in [5.74, 6) is -0.532. The number of likely N-dealkylation sites (tertiary alicyclic amines) is 1. The molecule has 46 heavy (non-hydrogen) atoms. The topological polar surface area (TPSA) is 95.6 Å². The summed E-state index contributed by atoms with van der Waals surface area (Å²) in [5, 5.41) is 24.0. The number of anilines is 2. The van der Waals surface area contributed by atoms with Crippen molar-refractivity contribution < 1.29 is 4.39 Å². The maximum absolute atomic E-state index is 13.9. The van der Waals surface area contributed by atoms with Crippen LogP contribution in [0.1, 0.15) is 61.2 Å². The number of aromatic nitrogens is 5. The fourth-order valence-corrected chi connectivity index (χ4v) is 9.89. The zero-order valence-corrected chi connectivity index (χ0v) is 29.8. The quantitative estimate of drug-likeness (QED) is 0.139. The van der Waals surface area contributed by atoms with Crippen molar-refractivity contribution in [3.63, 3.8) is 0 Å². The third kappa shape index (κ3) is 6.88. The van der Waals surface area contributed by atoms with Crippen LogP contribution >= 0.6 is 34.8 Å². The number of nitrogens with one attached hydrogen (secondary N) is 1. The zero-order valence-electron chi connectivity index (χ0n) is 25.4. The van der Waals surface area contributed by atoms with Gasteiger partial charge in [-0.2, -0.15) is 0 Å². The van der Waals surface area contributed by atoms with Gasteiger partial charge in [0.05, 0.1) is 0 Å². The van der Waals surface area contributed by atoms with Crippen LogP contribution in [0.15, 0.2) is 61.1 Å². The van der Waals surface area contributed by atoms with Gasteiger partial charge in [-0.15, -0.1) is 0 Å². The van der Waals surface area contributed by atoms with Crippen molar-refractivity contribution in [1.29, 1.82) is 5.26 Å². The van der Waals surface area contributed by atoms with Crippen LogP contribution < -0.4 is 9.67 Å². The molecule has 4 heterocycles. The van der Waals surface area contributed by atoms with E-state index in [0.29, 0.717) is 38.0 Å². The van der Waals surface area contributed by atoms with Gasteiger partial charge in [-0.05, 0) is 0 Å². The zero-order chi connectivity index (χ0) is 32.6. The SMILES string of the molecule is CC(C)(C)N1CCC(n2cc(C([AsH]c3cc(Cl)c4ncc(C#N)c(Nc5ccc(F)c(Cl)c5)c4c3)c3cccnc3Cl)nn2)CC1. The van der Waals surface area contributed by atoms with E-state index < -0.39 is 21.6 Å². The summed E-state index contributed by atoms with van der Waals surface area (Å²) < 4.78 is 16.7. The van der Waals surface area contributed by atoms with Gasteiger partial charge in [-0.25, -0.2) is 0 Å². The average molecular weight is 740 g/mol. The second-order valence-electron chi connectivity index (χ2n) is 12.2. The van der Waals surface area contributed by atoms with Gasteiger partial charge in [0.15, 0.2) is 0 Å². The van der Waals surface area contributed by atoms with E-state index in [1.54, 1.807) is 12.3 Å². The van der Waals surface area contributed by atoms with Gasteiger partial charge < -0.3 is 0 Å². The van der Waals surface area contributed by atoms with E-state index in [0.717, 1.165) is 41.5 Å². The van der Waals surface area contributed by atoms with Gasteiger partial charge in [0.25, 0.3) is 0 Å². The second-order valence-corrected chi connectivity index (χ2v) is 16.4. The molecule has 1 saturated heterocycles. The number of benzene rings is 2.